The third-order valence-electron chi connectivity index (χ3n) is 9.48. The Bertz CT molecular complexity index is 2860. The molecule has 0 bridgehead atoms. The highest BCUT2D eigenvalue weighted by Crippen LogP contribution is 2.46. The molecular weight excluding hydrogens is 641 g/mol. The topological polar surface area (TPSA) is 35.5 Å². The van der Waals surface area contributed by atoms with Crippen molar-refractivity contribution in [2.75, 3.05) is 7.11 Å². The van der Waals surface area contributed by atoms with Gasteiger partial charge in [-0.1, -0.05) is 84.4 Å². The van der Waals surface area contributed by atoms with E-state index < -0.39 is 0 Å². The lowest BCUT2D eigenvalue weighted by atomic mass is 10.0. The van der Waals surface area contributed by atoms with Crippen molar-refractivity contribution in [2.45, 2.75) is 6.92 Å². The number of benzene rings is 6. The first-order valence-electron chi connectivity index (χ1n) is 16.2. The van der Waals surface area contributed by atoms with Crippen LogP contribution in [-0.2, 0) is 0 Å². The normalized spacial score (nSPS) is 11.9. The van der Waals surface area contributed by atoms with Gasteiger partial charge >= 0.3 is 0 Å². The molecule has 4 heterocycles. The molecule has 0 fully saturated rings. The SMILES string of the molecule is COc1ccc2oc(-c3ccc(-c4ccc5c(c4)sc4c6ccc(-c7ccc(-c8cc9cc(C)ccc9o8)cc7)cc6sc54)cc3)cc2c1. The molecule has 4 aromatic heterocycles. The Hall–Kier alpha value is -5.62. The molecule has 234 valence electrons. The quantitative estimate of drug-likeness (QED) is 0.183. The number of furan rings is 2. The van der Waals surface area contributed by atoms with E-state index in [0.29, 0.717) is 0 Å². The first-order valence-corrected chi connectivity index (χ1v) is 17.9. The highest BCUT2D eigenvalue weighted by atomic mass is 32.1. The standard InChI is InChI=1S/C44H28O3S2/c1-25-3-17-37-32(19-25)21-39(46-37)28-8-4-26(5-9-28)30-12-15-35-41(23-30)48-44-36-16-13-31(24-42(36)49-43(35)44)27-6-10-29(11-7-27)40-22-33-20-34(45-2)14-18-38(33)47-40/h3-24H,1-2H3. The van der Waals surface area contributed by atoms with Crippen LogP contribution < -0.4 is 4.74 Å². The summed E-state index contributed by atoms with van der Waals surface area (Å²) < 4.78 is 23.0. The summed E-state index contributed by atoms with van der Waals surface area (Å²) in [6.07, 6.45) is 0. The Morgan fingerprint density at radius 2 is 0.918 bits per heavy atom. The van der Waals surface area contributed by atoms with Crippen LogP contribution in [0.25, 0.3) is 96.4 Å². The second-order valence-electron chi connectivity index (χ2n) is 12.6. The minimum absolute atomic E-state index is 0.827. The summed E-state index contributed by atoms with van der Waals surface area (Å²) in [7, 11) is 1.68. The fourth-order valence-electron chi connectivity index (χ4n) is 6.86. The van der Waals surface area contributed by atoms with Crippen LogP contribution in [0, 0.1) is 6.92 Å². The van der Waals surface area contributed by atoms with E-state index in [-0.39, 0.29) is 0 Å². The number of rotatable bonds is 5. The molecule has 0 radical (unpaired) electrons. The molecule has 0 amide bonds. The van der Waals surface area contributed by atoms with Gasteiger partial charge in [-0.25, -0.2) is 0 Å². The average Bonchev–Trinajstić information content (AvgIpc) is 3.92. The lowest BCUT2D eigenvalue weighted by molar-refractivity contribution is 0.415. The lowest BCUT2D eigenvalue weighted by Gasteiger charge is -2.04. The van der Waals surface area contributed by atoms with E-state index in [1.165, 1.54) is 57.4 Å². The van der Waals surface area contributed by atoms with Gasteiger partial charge in [-0.05, 0) is 83.8 Å². The van der Waals surface area contributed by atoms with Crippen molar-refractivity contribution in [3.8, 4) is 50.7 Å². The van der Waals surface area contributed by atoms with E-state index in [0.717, 1.165) is 50.3 Å². The molecule has 0 aliphatic carbocycles. The molecule has 3 nitrogen and oxygen atoms in total. The van der Waals surface area contributed by atoms with Crippen LogP contribution in [0.1, 0.15) is 5.56 Å². The van der Waals surface area contributed by atoms with Crippen molar-refractivity contribution in [1.82, 2.24) is 0 Å². The molecule has 10 aromatic rings. The van der Waals surface area contributed by atoms with Gasteiger partial charge in [0.15, 0.2) is 0 Å². The van der Waals surface area contributed by atoms with Crippen LogP contribution in [0.15, 0.2) is 142 Å². The second-order valence-corrected chi connectivity index (χ2v) is 14.7. The van der Waals surface area contributed by atoms with Crippen molar-refractivity contribution < 1.29 is 13.6 Å². The van der Waals surface area contributed by atoms with Crippen LogP contribution >= 0.6 is 22.7 Å². The molecule has 5 heteroatoms. The van der Waals surface area contributed by atoms with Crippen molar-refractivity contribution in [1.29, 1.82) is 0 Å². The molecule has 0 saturated carbocycles. The fourth-order valence-corrected chi connectivity index (χ4v) is 9.60. The third kappa shape index (κ3) is 4.77. The minimum atomic E-state index is 0.827. The maximum Gasteiger partial charge on any atom is 0.135 e. The van der Waals surface area contributed by atoms with Crippen molar-refractivity contribution >= 4 is 74.2 Å². The average molecular weight is 669 g/mol. The molecule has 0 atom stereocenters. The van der Waals surface area contributed by atoms with Gasteiger partial charge in [0.05, 0.1) is 16.5 Å². The van der Waals surface area contributed by atoms with E-state index in [1.807, 2.05) is 46.9 Å². The van der Waals surface area contributed by atoms with Crippen LogP contribution in [0.3, 0.4) is 0 Å². The number of hydrogen-bond acceptors (Lipinski definition) is 5. The van der Waals surface area contributed by atoms with Gasteiger partial charge in [-0.15, -0.1) is 22.7 Å². The van der Waals surface area contributed by atoms with Gasteiger partial charge in [0, 0.05) is 42.1 Å². The summed E-state index contributed by atoms with van der Waals surface area (Å²) in [6.45, 7) is 2.11. The van der Waals surface area contributed by atoms with Gasteiger partial charge in [0.2, 0.25) is 0 Å². The van der Waals surface area contributed by atoms with E-state index in [2.05, 4.69) is 116 Å². The summed E-state index contributed by atoms with van der Waals surface area (Å²) >= 11 is 3.78. The third-order valence-corrected chi connectivity index (χ3v) is 12.0. The molecule has 0 unspecified atom stereocenters. The lowest BCUT2D eigenvalue weighted by Crippen LogP contribution is -1.79. The molecule has 6 aromatic carbocycles. The number of methoxy groups -OCH3 is 1. The number of thiophene rings is 2. The number of ether oxygens (including phenoxy) is 1. The molecule has 0 saturated heterocycles. The van der Waals surface area contributed by atoms with Crippen LogP contribution in [0.4, 0.5) is 0 Å². The summed E-state index contributed by atoms with van der Waals surface area (Å²) in [5.41, 5.74) is 10.0. The highest BCUT2D eigenvalue weighted by molar-refractivity contribution is 7.36. The van der Waals surface area contributed by atoms with E-state index in [9.17, 15) is 0 Å². The Morgan fingerprint density at radius 1 is 0.449 bits per heavy atom. The van der Waals surface area contributed by atoms with E-state index in [4.69, 9.17) is 13.6 Å². The Labute approximate surface area is 290 Å². The zero-order valence-corrected chi connectivity index (χ0v) is 28.4. The molecule has 10 rings (SSSR count). The number of hydrogen-bond donors (Lipinski definition) is 0. The number of aryl methyl sites for hydroxylation is 1. The zero-order chi connectivity index (χ0) is 32.6. The minimum Gasteiger partial charge on any atom is -0.497 e. The first-order chi connectivity index (χ1) is 24.1. The molecule has 0 spiro atoms. The Balaban J connectivity index is 0.930. The molecule has 0 N–H and O–H groups in total. The van der Waals surface area contributed by atoms with Crippen molar-refractivity contribution in [3.63, 3.8) is 0 Å². The predicted molar refractivity (Wildman–Crippen MR) is 207 cm³/mol. The molecule has 0 aliphatic rings. The predicted octanol–water partition coefficient (Wildman–Crippen LogP) is 13.7. The number of fused-ring (bicyclic) bond motifs is 7. The van der Waals surface area contributed by atoms with Gasteiger partial charge in [0.25, 0.3) is 0 Å². The molecule has 0 aliphatic heterocycles. The smallest absolute Gasteiger partial charge is 0.135 e. The van der Waals surface area contributed by atoms with Crippen LogP contribution in [-0.4, -0.2) is 7.11 Å². The summed E-state index contributed by atoms with van der Waals surface area (Å²) in [5, 5.41) is 4.83. The summed E-state index contributed by atoms with van der Waals surface area (Å²) in [4.78, 5) is 0. The van der Waals surface area contributed by atoms with Gasteiger partial charge in [-0.3, -0.25) is 0 Å². The maximum atomic E-state index is 6.14. The largest absolute Gasteiger partial charge is 0.497 e. The van der Waals surface area contributed by atoms with E-state index in [1.54, 1.807) is 7.11 Å². The molecule has 49 heavy (non-hydrogen) atoms. The zero-order valence-electron chi connectivity index (χ0n) is 26.7. The molecular formula is C44H28O3S2. The monoisotopic (exact) mass is 668 g/mol. The van der Waals surface area contributed by atoms with Crippen LogP contribution in [0.2, 0.25) is 0 Å². The second kappa shape index (κ2) is 11.0. The van der Waals surface area contributed by atoms with Gasteiger partial charge in [0.1, 0.15) is 28.4 Å². The fraction of sp³-hybridized carbons (Fsp3) is 0.0455. The van der Waals surface area contributed by atoms with Crippen molar-refractivity contribution in [3.05, 3.63) is 139 Å². The van der Waals surface area contributed by atoms with Gasteiger partial charge in [-0.2, -0.15) is 0 Å². The Kier molecular flexibility index (Phi) is 6.35. The summed E-state index contributed by atoms with van der Waals surface area (Å²) in [5.74, 6) is 2.58. The summed E-state index contributed by atoms with van der Waals surface area (Å²) in [6, 6.07) is 47.5. The maximum absolute atomic E-state index is 6.14. The van der Waals surface area contributed by atoms with Crippen molar-refractivity contribution in [2.24, 2.45) is 0 Å². The first kappa shape index (κ1) is 28.4. The van der Waals surface area contributed by atoms with E-state index >= 15 is 0 Å². The van der Waals surface area contributed by atoms with Crippen LogP contribution in [0.5, 0.6) is 5.75 Å². The highest BCUT2D eigenvalue weighted by Gasteiger charge is 2.15. The van der Waals surface area contributed by atoms with Gasteiger partial charge < -0.3 is 13.6 Å². The Morgan fingerprint density at radius 3 is 1.45 bits per heavy atom.